The molecule has 0 bridgehead atoms. The van der Waals surface area contributed by atoms with Gasteiger partial charge in [-0.3, -0.25) is 4.98 Å². The molecule has 0 aliphatic carbocycles. The van der Waals surface area contributed by atoms with Gasteiger partial charge in [-0.15, -0.1) is 0 Å². The van der Waals surface area contributed by atoms with E-state index < -0.39 is 0 Å². The predicted octanol–water partition coefficient (Wildman–Crippen LogP) is 3.90. The summed E-state index contributed by atoms with van der Waals surface area (Å²) in [6, 6.07) is 18.3. The third-order valence-corrected chi connectivity index (χ3v) is 3.28. The van der Waals surface area contributed by atoms with E-state index in [2.05, 4.69) is 41.1 Å². The summed E-state index contributed by atoms with van der Waals surface area (Å²) in [5.41, 5.74) is 2.94. The zero-order valence-electron chi connectivity index (χ0n) is 11.8. The molecule has 3 rings (SSSR count). The minimum atomic E-state index is 0.414. The average Bonchev–Trinajstić information content (AvgIpc) is 2.56. The molecule has 0 saturated heterocycles. The number of benzene rings is 2. The molecule has 0 radical (unpaired) electrons. The van der Waals surface area contributed by atoms with Crippen molar-refractivity contribution in [2.75, 3.05) is 13.7 Å². The minimum absolute atomic E-state index is 0.414. The fraction of sp³-hybridized carbons (Fsp3) is 0.105. The molecule has 0 aliphatic heterocycles. The molecule has 1 aromatic heterocycles. The molecule has 2 aromatic carbocycles. The van der Waals surface area contributed by atoms with Crippen LogP contribution in [0.3, 0.4) is 0 Å². The Bertz CT molecular complexity index is 813. The van der Waals surface area contributed by atoms with Crippen LogP contribution in [0.2, 0.25) is 0 Å². The van der Waals surface area contributed by atoms with Crippen LogP contribution in [0.1, 0.15) is 5.56 Å². The maximum atomic E-state index is 5.03. The molecule has 0 unspecified atom stereocenters. The number of hydrogen-bond acceptors (Lipinski definition) is 2. The topological polar surface area (TPSA) is 22.1 Å². The van der Waals surface area contributed by atoms with Gasteiger partial charge in [0.05, 0.1) is 11.3 Å². The van der Waals surface area contributed by atoms with Gasteiger partial charge in [0.2, 0.25) is 0 Å². The number of rotatable bonds is 2. The van der Waals surface area contributed by atoms with E-state index in [4.69, 9.17) is 4.74 Å². The second-order valence-electron chi connectivity index (χ2n) is 4.67. The quantitative estimate of drug-likeness (QED) is 0.661. The lowest BCUT2D eigenvalue weighted by Gasteiger charge is -2.07. The summed E-state index contributed by atoms with van der Waals surface area (Å²) in [5.74, 6) is 6.26. The molecule has 0 amide bonds. The first kappa shape index (κ1) is 13.4. The predicted molar refractivity (Wildman–Crippen MR) is 85.9 cm³/mol. The SMILES string of the molecule is COCC#Cc1c(-c2ccccc2)ncc2ccccc12. The summed E-state index contributed by atoms with van der Waals surface area (Å²) >= 11 is 0. The third kappa shape index (κ3) is 2.79. The third-order valence-electron chi connectivity index (χ3n) is 3.28. The summed E-state index contributed by atoms with van der Waals surface area (Å²) < 4.78 is 5.03. The molecule has 0 N–H and O–H groups in total. The van der Waals surface area contributed by atoms with E-state index in [0.717, 1.165) is 27.6 Å². The number of methoxy groups -OCH3 is 1. The average molecular weight is 273 g/mol. The van der Waals surface area contributed by atoms with Crippen molar-refractivity contribution in [2.24, 2.45) is 0 Å². The highest BCUT2D eigenvalue weighted by Crippen LogP contribution is 2.27. The Kier molecular flexibility index (Phi) is 3.95. The second kappa shape index (κ2) is 6.21. The molecule has 3 aromatic rings. The Morgan fingerprint density at radius 3 is 2.57 bits per heavy atom. The molecule has 0 saturated carbocycles. The Labute approximate surface area is 124 Å². The zero-order chi connectivity index (χ0) is 14.5. The van der Waals surface area contributed by atoms with Crippen LogP contribution in [0.25, 0.3) is 22.0 Å². The molecule has 0 spiro atoms. The Morgan fingerprint density at radius 1 is 1.00 bits per heavy atom. The van der Waals surface area contributed by atoms with Crippen molar-refractivity contribution in [2.45, 2.75) is 0 Å². The number of ether oxygens (including phenoxy) is 1. The highest BCUT2D eigenvalue weighted by Gasteiger charge is 2.08. The number of pyridine rings is 1. The van der Waals surface area contributed by atoms with Crippen LogP contribution in [-0.4, -0.2) is 18.7 Å². The Hall–Kier alpha value is -2.63. The van der Waals surface area contributed by atoms with Crippen LogP contribution in [0.5, 0.6) is 0 Å². The fourth-order valence-corrected chi connectivity index (χ4v) is 2.30. The van der Waals surface area contributed by atoms with Crippen molar-refractivity contribution in [1.82, 2.24) is 4.98 Å². The summed E-state index contributed by atoms with van der Waals surface area (Å²) in [7, 11) is 1.65. The maximum Gasteiger partial charge on any atom is 0.107 e. The molecule has 1 heterocycles. The van der Waals surface area contributed by atoms with E-state index in [1.807, 2.05) is 36.5 Å². The van der Waals surface area contributed by atoms with Crippen LogP contribution < -0.4 is 0 Å². The van der Waals surface area contributed by atoms with Crippen LogP contribution in [0.15, 0.2) is 60.8 Å². The van der Waals surface area contributed by atoms with E-state index >= 15 is 0 Å². The van der Waals surface area contributed by atoms with Crippen LogP contribution in [0.4, 0.5) is 0 Å². The monoisotopic (exact) mass is 273 g/mol. The summed E-state index contributed by atoms with van der Waals surface area (Å²) in [6.45, 7) is 0.414. The minimum Gasteiger partial charge on any atom is -0.372 e. The van der Waals surface area contributed by atoms with Gasteiger partial charge in [-0.25, -0.2) is 0 Å². The van der Waals surface area contributed by atoms with Crippen molar-refractivity contribution in [1.29, 1.82) is 0 Å². The van der Waals surface area contributed by atoms with Gasteiger partial charge in [0.15, 0.2) is 0 Å². The van der Waals surface area contributed by atoms with Gasteiger partial charge in [0, 0.05) is 29.6 Å². The smallest absolute Gasteiger partial charge is 0.107 e. The Balaban J connectivity index is 2.25. The van der Waals surface area contributed by atoms with Crippen molar-refractivity contribution in [3.05, 3.63) is 66.4 Å². The van der Waals surface area contributed by atoms with Gasteiger partial charge in [-0.1, -0.05) is 66.4 Å². The molecule has 21 heavy (non-hydrogen) atoms. The number of hydrogen-bond donors (Lipinski definition) is 0. The summed E-state index contributed by atoms with van der Waals surface area (Å²) in [5, 5.41) is 2.22. The van der Waals surface area contributed by atoms with E-state index in [-0.39, 0.29) is 0 Å². The fourth-order valence-electron chi connectivity index (χ4n) is 2.30. The molecule has 0 atom stereocenters. The van der Waals surface area contributed by atoms with E-state index in [1.54, 1.807) is 7.11 Å². The van der Waals surface area contributed by atoms with Gasteiger partial charge in [0.25, 0.3) is 0 Å². The highest BCUT2D eigenvalue weighted by atomic mass is 16.5. The van der Waals surface area contributed by atoms with Crippen molar-refractivity contribution < 1.29 is 4.74 Å². The molecule has 0 fully saturated rings. The lowest BCUT2D eigenvalue weighted by atomic mass is 10.0. The maximum absolute atomic E-state index is 5.03. The van der Waals surface area contributed by atoms with Crippen LogP contribution >= 0.6 is 0 Å². The first-order chi connectivity index (χ1) is 10.4. The van der Waals surface area contributed by atoms with Gasteiger partial charge in [-0.2, -0.15) is 0 Å². The zero-order valence-corrected chi connectivity index (χ0v) is 11.8. The van der Waals surface area contributed by atoms with Crippen molar-refractivity contribution in [3.63, 3.8) is 0 Å². The lowest BCUT2D eigenvalue weighted by Crippen LogP contribution is -1.92. The van der Waals surface area contributed by atoms with Gasteiger partial charge in [-0.05, 0) is 0 Å². The van der Waals surface area contributed by atoms with E-state index in [9.17, 15) is 0 Å². The second-order valence-corrected chi connectivity index (χ2v) is 4.67. The standard InChI is InChI=1S/C19H15NO/c1-21-13-7-12-18-17-11-6-5-10-16(17)14-20-19(18)15-8-3-2-4-9-15/h2-6,8-11,14H,13H2,1H3. The largest absolute Gasteiger partial charge is 0.372 e. The molecule has 102 valence electrons. The molecule has 2 heteroatoms. The van der Waals surface area contributed by atoms with Crippen molar-refractivity contribution in [3.8, 4) is 23.1 Å². The summed E-state index contributed by atoms with van der Waals surface area (Å²) in [6.07, 6.45) is 1.90. The van der Waals surface area contributed by atoms with Gasteiger partial charge < -0.3 is 4.74 Å². The first-order valence-corrected chi connectivity index (χ1v) is 6.81. The number of nitrogens with zero attached hydrogens (tertiary/aromatic N) is 1. The molecule has 0 aliphatic rings. The number of fused-ring (bicyclic) bond motifs is 1. The van der Waals surface area contributed by atoms with E-state index in [0.29, 0.717) is 6.61 Å². The van der Waals surface area contributed by atoms with Crippen LogP contribution in [-0.2, 0) is 4.74 Å². The molecule has 2 nitrogen and oxygen atoms in total. The van der Waals surface area contributed by atoms with Gasteiger partial charge in [0.1, 0.15) is 6.61 Å². The van der Waals surface area contributed by atoms with Gasteiger partial charge >= 0.3 is 0 Å². The molecular formula is C19H15NO. The normalized spacial score (nSPS) is 10.1. The molecular weight excluding hydrogens is 258 g/mol. The van der Waals surface area contributed by atoms with E-state index in [1.165, 1.54) is 0 Å². The van der Waals surface area contributed by atoms with Crippen LogP contribution in [0, 0.1) is 11.8 Å². The first-order valence-electron chi connectivity index (χ1n) is 6.81. The number of aromatic nitrogens is 1. The highest BCUT2D eigenvalue weighted by molar-refractivity contribution is 5.92. The Morgan fingerprint density at radius 2 is 1.76 bits per heavy atom. The van der Waals surface area contributed by atoms with Crippen molar-refractivity contribution >= 4 is 10.8 Å². The lowest BCUT2D eigenvalue weighted by molar-refractivity contribution is 0.240. The summed E-state index contributed by atoms with van der Waals surface area (Å²) in [4.78, 5) is 4.61.